The molecule has 2 unspecified atom stereocenters. The van der Waals surface area contributed by atoms with Crippen LogP contribution >= 0.6 is 0 Å². The third kappa shape index (κ3) is 4.45. The lowest BCUT2D eigenvalue weighted by Gasteiger charge is -2.27. The molecule has 0 saturated carbocycles. The van der Waals surface area contributed by atoms with Crippen LogP contribution in [0.25, 0.3) is 0 Å². The van der Waals surface area contributed by atoms with E-state index in [2.05, 4.69) is 18.0 Å². The minimum atomic E-state index is -0.184. The molecule has 84 valence electrons. The zero-order valence-electron chi connectivity index (χ0n) is 9.45. The lowest BCUT2D eigenvalue weighted by molar-refractivity contribution is 0.114. The topological polar surface area (TPSA) is 32.3 Å². The molecular formula is C13H21NO. The molecule has 2 N–H and O–H groups in total. The molecule has 0 amide bonds. The molecule has 0 aromatic carbocycles. The van der Waals surface area contributed by atoms with Crippen molar-refractivity contribution in [2.45, 2.75) is 25.9 Å². The Labute approximate surface area is 92.4 Å². The molecule has 0 aromatic heterocycles. The van der Waals surface area contributed by atoms with Gasteiger partial charge >= 0.3 is 0 Å². The number of aliphatic hydroxyl groups is 1. The van der Waals surface area contributed by atoms with E-state index >= 15 is 0 Å². The van der Waals surface area contributed by atoms with Gasteiger partial charge in [0, 0.05) is 6.54 Å². The molecule has 1 aliphatic rings. The molecule has 0 aromatic rings. The van der Waals surface area contributed by atoms with Crippen LogP contribution in [0.15, 0.2) is 36.5 Å². The number of piperidine rings is 1. The van der Waals surface area contributed by atoms with Crippen molar-refractivity contribution in [3.05, 3.63) is 36.5 Å². The van der Waals surface area contributed by atoms with Crippen molar-refractivity contribution in [2.75, 3.05) is 13.1 Å². The zero-order valence-corrected chi connectivity index (χ0v) is 9.45. The molecule has 1 aliphatic heterocycles. The molecule has 15 heavy (non-hydrogen) atoms. The average Bonchev–Trinajstić information content (AvgIpc) is 2.24. The lowest BCUT2D eigenvalue weighted by atomic mass is 9.90. The van der Waals surface area contributed by atoms with E-state index in [1.54, 1.807) is 0 Å². The molecule has 0 bridgehead atoms. The predicted octanol–water partition coefficient (Wildman–Crippen LogP) is 2.04. The summed E-state index contributed by atoms with van der Waals surface area (Å²) in [7, 11) is 0. The van der Waals surface area contributed by atoms with E-state index in [-0.39, 0.29) is 6.10 Å². The Morgan fingerprint density at radius 2 is 2.33 bits per heavy atom. The molecule has 2 heteroatoms. The van der Waals surface area contributed by atoms with Crippen molar-refractivity contribution in [2.24, 2.45) is 5.92 Å². The Hall–Kier alpha value is -0.860. The van der Waals surface area contributed by atoms with Gasteiger partial charge in [-0.2, -0.15) is 0 Å². The van der Waals surface area contributed by atoms with Gasteiger partial charge in [0.2, 0.25) is 0 Å². The van der Waals surface area contributed by atoms with Crippen molar-refractivity contribution < 1.29 is 5.11 Å². The van der Waals surface area contributed by atoms with Gasteiger partial charge in [-0.05, 0) is 37.8 Å². The summed E-state index contributed by atoms with van der Waals surface area (Å²) in [4.78, 5) is 0. The normalized spacial score (nSPS) is 28.3. The van der Waals surface area contributed by atoms with E-state index in [9.17, 15) is 5.11 Å². The quantitative estimate of drug-likeness (QED) is 0.691. The number of β-amino-alcohol motifs (C(OH)–C–C–N with tert-alkyl or cyclic N) is 1. The SMILES string of the molecule is C=C/C(=C\C=C/C)CC1CNCC(O)C1. The van der Waals surface area contributed by atoms with Gasteiger partial charge in [0.25, 0.3) is 0 Å². The monoisotopic (exact) mass is 207 g/mol. The Morgan fingerprint density at radius 3 is 2.93 bits per heavy atom. The number of hydrogen-bond acceptors (Lipinski definition) is 2. The molecule has 0 aliphatic carbocycles. The first-order valence-electron chi connectivity index (χ1n) is 5.59. The molecule has 1 heterocycles. The second-order valence-corrected chi connectivity index (χ2v) is 4.09. The van der Waals surface area contributed by atoms with Crippen LogP contribution in [0, 0.1) is 5.92 Å². The predicted molar refractivity (Wildman–Crippen MR) is 64.7 cm³/mol. The van der Waals surface area contributed by atoms with Gasteiger partial charge in [0.15, 0.2) is 0 Å². The van der Waals surface area contributed by atoms with Crippen LogP contribution in [-0.4, -0.2) is 24.3 Å². The Morgan fingerprint density at radius 1 is 1.53 bits per heavy atom. The van der Waals surface area contributed by atoms with Crippen LogP contribution in [0.1, 0.15) is 19.8 Å². The van der Waals surface area contributed by atoms with Gasteiger partial charge in [-0.3, -0.25) is 0 Å². The summed E-state index contributed by atoms with van der Waals surface area (Å²) >= 11 is 0. The molecule has 1 rings (SSSR count). The van der Waals surface area contributed by atoms with E-state index in [1.165, 1.54) is 5.57 Å². The summed E-state index contributed by atoms with van der Waals surface area (Å²) in [6.45, 7) is 7.55. The highest BCUT2D eigenvalue weighted by Gasteiger charge is 2.19. The molecule has 0 spiro atoms. The Bertz CT molecular complexity index is 255. The summed E-state index contributed by atoms with van der Waals surface area (Å²) < 4.78 is 0. The van der Waals surface area contributed by atoms with Crippen molar-refractivity contribution in [1.82, 2.24) is 5.32 Å². The van der Waals surface area contributed by atoms with Crippen LogP contribution in [0.2, 0.25) is 0 Å². The fourth-order valence-electron chi connectivity index (χ4n) is 1.93. The maximum atomic E-state index is 9.52. The maximum Gasteiger partial charge on any atom is 0.0667 e. The first kappa shape index (κ1) is 12.2. The second-order valence-electron chi connectivity index (χ2n) is 4.09. The van der Waals surface area contributed by atoms with Crippen LogP contribution < -0.4 is 5.32 Å². The van der Waals surface area contributed by atoms with Crippen LogP contribution in [0.4, 0.5) is 0 Å². The van der Waals surface area contributed by atoms with E-state index in [4.69, 9.17) is 0 Å². The van der Waals surface area contributed by atoms with Crippen LogP contribution in [0.3, 0.4) is 0 Å². The molecule has 1 fully saturated rings. The third-order valence-corrected chi connectivity index (χ3v) is 2.71. The molecule has 2 atom stereocenters. The molecule has 1 saturated heterocycles. The number of aliphatic hydroxyl groups excluding tert-OH is 1. The third-order valence-electron chi connectivity index (χ3n) is 2.71. The molecule has 2 nitrogen and oxygen atoms in total. The first-order valence-corrected chi connectivity index (χ1v) is 5.59. The highest BCUT2D eigenvalue weighted by molar-refractivity contribution is 5.22. The summed E-state index contributed by atoms with van der Waals surface area (Å²) in [6, 6.07) is 0. The molecular weight excluding hydrogens is 186 g/mol. The van der Waals surface area contributed by atoms with Gasteiger partial charge < -0.3 is 10.4 Å². The van der Waals surface area contributed by atoms with Gasteiger partial charge in [0.1, 0.15) is 0 Å². The summed E-state index contributed by atoms with van der Waals surface area (Å²) in [5.41, 5.74) is 1.24. The van der Waals surface area contributed by atoms with Crippen molar-refractivity contribution >= 4 is 0 Å². The largest absolute Gasteiger partial charge is 0.392 e. The van der Waals surface area contributed by atoms with Crippen LogP contribution in [-0.2, 0) is 0 Å². The van der Waals surface area contributed by atoms with Crippen molar-refractivity contribution in [3.63, 3.8) is 0 Å². The van der Waals surface area contributed by atoms with Crippen molar-refractivity contribution in [1.29, 1.82) is 0 Å². The minimum Gasteiger partial charge on any atom is -0.392 e. The first-order chi connectivity index (χ1) is 7.26. The standard InChI is InChI=1S/C13H21NO/c1-3-5-6-11(4-2)7-12-8-13(15)10-14-9-12/h3-6,12-15H,2,7-10H2,1H3/b5-3-,11-6+. The average molecular weight is 207 g/mol. The minimum absolute atomic E-state index is 0.184. The second kappa shape index (κ2) is 6.59. The number of nitrogens with one attached hydrogen (secondary N) is 1. The fourth-order valence-corrected chi connectivity index (χ4v) is 1.93. The van der Waals surface area contributed by atoms with Gasteiger partial charge in [-0.15, -0.1) is 0 Å². The van der Waals surface area contributed by atoms with Gasteiger partial charge in [0.05, 0.1) is 6.10 Å². The highest BCUT2D eigenvalue weighted by atomic mass is 16.3. The van der Waals surface area contributed by atoms with Gasteiger partial charge in [-0.25, -0.2) is 0 Å². The maximum absolute atomic E-state index is 9.52. The summed E-state index contributed by atoms with van der Waals surface area (Å²) in [5.74, 6) is 0.531. The highest BCUT2D eigenvalue weighted by Crippen LogP contribution is 2.20. The number of rotatable bonds is 4. The van der Waals surface area contributed by atoms with Gasteiger partial charge in [-0.1, -0.05) is 30.9 Å². The molecule has 0 radical (unpaired) electrons. The van der Waals surface area contributed by atoms with E-state index in [0.717, 1.165) is 25.9 Å². The Kier molecular flexibility index (Phi) is 5.37. The summed E-state index contributed by atoms with van der Waals surface area (Å²) in [6.07, 6.45) is 9.75. The van der Waals surface area contributed by atoms with E-state index in [1.807, 2.05) is 25.2 Å². The van der Waals surface area contributed by atoms with Crippen LogP contribution in [0.5, 0.6) is 0 Å². The smallest absolute Gasteiger partial charge is 0.0667 e. The lowest BCUT2D eigenvalue weighted by Crippen LogP contribution is -2.39. The zero-order chi connectivity index (χ0) is 11.1. The van der Waals surface area contributed by atoms with Crippen molar-refractivity contribution in [3.8, 4) is 0 Å². The number of allylic oxidation sites excluding steroid dienone is 5. The fraction of sp³-hybridized carbons (Fsp3) is 0.538. The summed E-state index contributed by atoms with van der Waals surface area (Å²) in [5, 5.41) is 12.8. The Balaban J connectivity index is 2.47. The number of hydrogen-bond donors (Lipinski definition) is 2. The van der Waals surface area contributed by atoms with E-state index < -0.39 is 0 Å². The van der Waals surface area contributed by atoms with E-state index in [0.29, 0.717) is 5.92 Å².